The minimum Gasteiger partial charge on any atom is -0.476 e. The Morgan fingerprint density at radius 1 is 1.38 bits per heavy atom. The molecule has 0 bridgehead atoms. The highest BCUT2D eigenvalue weighted by Gasteiger charge is 2.26. The normalized spacial score (nSPS) is 11.8. The van der Waals surface area contributed by atoms with Gasteiger partial charge in [-0.05, 0) is 12.1 Å². The first-order chi connectivity index (χ1) is 11.5. The van der Waals surface area contributed by atoms with Gasteiger partial charge in [-0.1, -0.05) is 23.0 Å². The molecule has 2 aromatic heterocycles. The fourth-order valence-electron chi connectivity index (χ4n) is 1.72. The van der Waals surface area contributed by atoms with E-state index in [1.807, 2.05) is 0 Å². The first-order valence-corrected chi connectivity index (χ1v) is 7.77. The first-order valence-electron chi connectivity index (χ1n) is 6.78. The number of rotatable bonds is 8. The Morgan fingerprint density at radius 3 is 2.75 bits per heavy atom. The Hall–Kier alpha value is -2.44. The Morgan fingerprint density at radius 2 is 2.17 bits per heavy atom. The molecule has 12 heteroatoms. The molecule has 0 aliphatic carbocycles. The van der Waals surface area contributed by atoms with Crippen LogP contribution in [-0.4, -0.2) is 65.8 Å². The molecule has 1 atom stereocenters. The fraction of sp³-hybridized carbons (Fsp3) is 0.250. The third kappa shape index (κ3) is 5.33. The molecule has 0 saturated carbocycles. The number of aromatic nitrogens is 4. The summed E-state index contributed by atoms with van der Waals surface area (Å²) in [7, 11) is -1.84. The lowest BCUT2D eigenvalue weighted by Crippen LogP contribution is -2.49. The number of nitrogens with one attached hydrogen (secondary N) is 1. The highest BCUT2D eigenvalue weighted by molar-refractivity contribution is 7.99. The van der Waals surface area contributed by atoms with Crippen molar-refractivity contribution in [3.63, 3.8) is 0 Å². The summed E-state index contributed by atoms with van der Waals surface area (Å²) in [6.07, 6.45) is 2.73. The lowest BCUT2D eigenvalue weighted by molar-refractivity contribution is -0.119. The van der Waals surface area contributed by atoms with Gasteiger partial charge in [-0.2, -0.15) is 0 Å². The molecule has 2 rings (SSSR count). The van der Waals surface area contributed by atoms with Crippen molar-refractivity contribution in [2.45, 2.75) is 17.5 Å². The number of carboxylic acid groups (broad SMARTS) is 1. The summed E-state index contributed by atoms with van der Waals surface area (Å²) in [5, 5.41) is 37.6. The molecule has 0 radical (unpaired) electrons. The maximum Gasteiger partial charge on any atom is 0.477 e. The van der Waals surface area contributed by atoms with Crippen molar-refractivity contribution in [2.75, 3.05) is 5.75 Å². The molecule has 0 saturated heterocycles. The van der Waals surface area contributed by atoms with Crippen molar-refractivity contribution >= 4 is 30.8 Å². The molecule has 0 aliphatic rings. The largest absolute Gasteiger partial charge is 0.477 e. The van der Waals surface area contributed by atoms with E-state index in [9.17, 15) is 19.6 Å². The van der Waals surface area contributed by atoms with E-state index in [0.717, 1.165) is 10.9 Å². The van der Waals surface area contributed by atoms with Crippen LogP contribution in [0.15, 0.2) is 35.6 Å². The second-order valence-corrected chi connectivity index (χ2v) is 5.67. The summed E-state index contributed by atoms with van der Waals surface area (Å²) < 4.78 is 1.11. The van der Waals surface area contributed by atoms with Crippen molar-refractivity contribution in [1.29, 1.82) is 0 Å². The summed E-state index contributed by atoms with van der Waals surface area (Å²) in [5.74, 6) is -2.71. The van der Waals surface area contributed by atoms with Crippen LogP contribution in [0.4, 0.5) is 0 Å². The zero-order valence-electron chi connectivity index (χ0n) is 12.3. The highest BCUT2D eigenvalue weighted by Crippen LogP contribution is 2.13. The van der Waals surface area contributed by atoms with E-state index in [-0.39, 0.29) is 18.0 Å². The molecule has 4 N–H and O–H groups in total. The van der Waals surface area contributed by atoms with Gasteiger partial charge in [0.15, 0.2) is 5.69 Å². The summed E-state index contributed by atoms with van der Waals surface area (Å²) in [5.41, 5.74) is -0.279. The third-order valence-electron chi connectivity index (χ3n) is 2.84. The van der Waals surface area contributed by atoms with Crippen LogP contribution in [0.25, 0.3) is 0 Å². The van der Waals surface area contributed by atoms with E-state index in [1.54, 1.807) is 24.4 Å². The fourth-order valence-corrected chi connectivity index (χ4v) is 2.39. The zero-order chi connectivity index (χ0) is 17.5. The maximum atomic E-state index is 11.9. The summed E-state index contributed by atoms with van der Waals surface area (Å²) in [6.45, 7) is -0.141. The topological polar surface area (TPSA) is 150 Å². The van der Waals surface area contributed by atoms with Crippen LogP contribution in [0.2, 0.25) is 0 Å². The van der Waals surface area contributed by atoms with Gasteiger partial charge in [0.1, 0.15) is 0 Å². The minimum absolute atomic E-state index is 0.0396. The van der Waals surface area contributed by atoms with E-state index >= 15 is 0 Å². The van der Waals surface area contributed by atoms with Crippen molar-refractivity contribution in [3.05, 3.63) is 36.3 Å². The number of nitrogens with zero attached hydrogens (tertiary/aromatic N) is 4. The molecule has 0 spiro atoms. The Bertz CT molecular complexity index is 698. The van der Waals surface area contributed by atoms with Gasteiger partial charge < -0.3 is 20.5 Å². The predicted octanol–water partition coefficient (Wildman–Crippen LogP) is -1.34. The lowest BCUT2D eigenvalue weighted by Gasteiger charge is -2.17. The van der Waals surface area contributed by atoms with E-state index in [0.29, 0.717) is 5.03 Å². The zero-order valence-corrected chi connectivity index (χ0v) is 13.1. The number of thioether (sulfide) groups is 1. The molecule has 0 aromatic carbocycles. The number of hydrogen-bond donors (Lipinski definition) is 4. The van der Waals surface area contributed by atoms with Crippen LogP contribution in [0.5, 0.6) is 0 Å². The van der Waals surface area contributed by atoms with Crippen molar-refractivity contribution in [3.8, 4) is 0 Å². The standard InChI is InChI=1S/C12H14BN5O5S/c19-10(7-24-11-3-1-2-4-14-11)15-9(13(22)23)6-18-5-8(12(20)21)16-17-18/h1-5,9,22-23H,6-7H2,(H,15,19)(H,20,21). The van der Waals surface area contributed by atoms with E-state index in [2.05, 4.69) is 20.6 Å². The molecule has 2 aromatic rings. The quantitative estimate of drug-likeness (QED) is 0.335. The number of pyridine rings is 1. The van der Waals surface area contributed by atoms with Crippen LogP contribution in [0.1, 0.15) is 10.5 Å². The summed E-state index contributed by atoms with van der Waals surface area (Å²) in [4.78, 5) is 26.7. The van der Waals surface area contributed by atoms with Gasteiger partial charge in [-0.25, -0.2) is 9.78 Å². The molecule has 0 fully saturated rings. The Kier molecular flexibility index (Phi) is 6.29. The van der Waals surface area contributed by atoms with Crippen LogP contribution < -0.4 is 5.32 Å². The molecule has 0 aliphatic heterocycles. The van der Waals surface area contributed by atoms with Crippen LogP contribution >= 0.6 is 11.8 Å². The molecule has 2 heterocycles. The predicted molar refractivity (Wildman–Crippen MR) is 84.1 cm³/mol. The smallest absolute Gasteiger partial charge is 0.476 e. The maximum absolute atomic E-state index is 11.9. The molecular formula is C12H14BN5O5S. The van der Waals surface area contributed by atoms with E-state index in [1.165, 1.54) is 11.8 Å². The number of amides is 1. The first kappa shape index (κ1) is 17.9. The van der Waals surface area contributed by atoms with Crippen molar-refractivity contribution in [2.24, 2.45) is 0 Å². The third-order valence-corrected chi connectivity index (χ3v) is 3.78. The molecular weight excluding hydrogens is 337 g/mol. The molecule has 24 heavy (non-hydrogen) atoms. The van der Waals surface area contributed by atoms with Gasteiger partial charge in [0.2, 0.25) is 5.91 Å². The molecule has 1 amide bonds. The van der Waals surface area contributed by atoms with Gasteiger partial charge in [0.25, 0.3) is 0 Å². The highest BCUT2D eigenvalue weighted by atomic mass is 32.2. The van der Waals surface area contributed by atoms with Crippen molar-refractivity contribution in [1.82, 2.24) is 25.3 Å². The molecule has 126 valence electrons. The second kappa shape index (κ2) is 8.43. The van der Waals surface area contributed by atoms with Crippen molar-refractivity contribution < 1.29 is 24.7 Å². The summed E-state index contributed by atoms with van der Waals surface area (Å²) in [6, 6.07) is 5.29. The number of carboxylic acids is 1. The number of carbonyl (C=O) groups is 2. The van der Waals surface area contributed by atoms with Gasteiger partial charge in [0.05, 0.1) is 29.5 Å². The van der Waals surface area contributed by atoms with E-state index < -0.39 is 24.9 Å². The molecule has 1 unspecified atom stereocenters. The lowest BCUT2D eigenvalue weighted by atomic mass is 9.79. The van der Waals surface area contributed by atoms with Gasteiger partial charge >= 0.3 is 13.1 Å². The van der Waals surface area contributed by atoms with Gasteiger partial charge in [-0.3, -0.25) is 9.48 Å². The monoisotopic (exact) mass is 351 g/mol. The van der Waals surface area contributed by atoms with Crippen LogP contribution in [0.3, 0.4) is 0 Å². The average molecular weight is 351 g/mol. The number of aromatic carboxylic acids is 1. The van der Waals surface area contributed by atoms with Crippen LogP contribution in [-0.2, 0) is 11.3 Å². The number of hydrogen-bond acceptors (Lipinski definition) is 8. The SMILES string of the molecule is O=C(CSc1ccccn1)NC(Cn1cc(C(=O)O)nn1)B(O)O. The van der Waals surface area contributed by atoms with Gasteiger partial charge in [0, 0.05) is 6.20 Å². The van der Waals surface area contributed by atoms with Gasteiger partial charge in [-0.15, -0.1) is 5.10 Å². The Balaban J connectivity index is 1.90. The summed E-state index contributed by atoms with van der Waals surface area (Å²) >= 11 is 1.20. The Labute approximate surface area is 141 Å². The average Bonchev–Trinajstić information content (AvgIpc) is 3.02. The second-order valence-electron chi connectivity index (χ2n) is 4.68. The minimum atomic E-state index is -1.84. The molecule has 10 nitrogen and oxygen atoms in total. The number of carbonyl (C=O) groups excluding carboxylic acids is 1. The van der Waals surface area contributed by atoms with E-state index in [4.69, 9.17) is 5.11 Å². The van der Waals surface area contributed by atoms with Crippen LogP contribution in [0, 0.1) is 0 Å².